The molecule has 0 fully saturated rings. The smallest absolute Gasteiger partial charge is 0.304 e. The van der Waals surface area contributed by atoms with E-state index in [1.54, 1.807) is 24.9 Å². The minimum atomic E-state index is -4.47. The summed E-state index contributed by atoms with van der Waals surface area (Å²) in [5, 5.41) is 0. The van der Waals surface area contributed by atoms with Crippen molar-refractivity contribution in [1.29, 1.82) is 0 Å². The average molecular weight is 433 g/mol. The monoisotopic (exact) mass is 433 g/mol. The maximum Gasteiger partial charge on any atom is 0.433 e. The van der Waals surface area contributed by atoms with Crippen molar-refractivity contribution in [3.63, 3.8) is 0 Å². The van der Waals surface area contributed by atoms with E-state index in [1.807, 2.05) is 0 Å². The normalized spacial score (nSPS) is 11.4. The molecule has 5 nitrogen and oxygen atoms in total. The summed E-state index contributed by atoms with van der Waals surface area (Å²) >= 11 is 0. The van der Waals surface area contributed by atoms with Gasteiger partial charge in [0.25, 0.3) is 0 Å². The fourth-order valence-corrected chi connectivity index (χ4v) is 2.05. The lowest BCUT2D eigenvalue weighted by atomic mass is 10.1. The molecule has 0 aliphatic carbocycles. The zero-order valence-electron chi connectivity index (χ0n) is 15.9. The van der Waals surface area contributed by atoms with Crippen molar-refractivity contribution in [1.82, 2.24) is 14.9 Å². The Morgan fingerprint density at radius 3 is 1.83 bits per heavy atom. The first-order valence-corrected chi connectivity index (χ1v) is 8.26. The number of halogens is 6. The molecule has 0 bridgehead atoms. The third-order valence-corrected chi connectivity index (χ3v) is 3.43. The third kappa shape index (κ3) is 8.14. The van der Waals surface area contributed by atoms with E-state index in [4.69, 9.17) is 0 Å². The van der Waals surface area contributed by atoms with Crippen LogP contribution in [0.25, 0.3) is 5.57 Å². The van der Waals surface area contributed by atoms with Gasteiger partial charge in [-0.3, -0.25) is 9.97 Å². The Balaban J connectivity index is 0.000000311. The molecule has 162 valence electrons. The molecule has 0 saturated heterocycles. The van der Waals surface area contributed by atoms with Gasteiger partial charge in [0.1, 0.15) is 23.6 Å². The van der Waals surface area contributed by atoms with Crippen LogP contribution in [0, 0.1) is 0 Å². The maximum absolute atomic E-state index is 12.3. The molecule has 0 amide bonds. The van der Waals surface area contributed by atoms with Crippen LogP contribution in [-0.4, -0.2) is 47.7 Å². The van der Waals surface area contributed by atoms with Crippen LogP contribution in [0.15, 0.2) is 36.7 Å². The Morgan fingerprint density at radius 1 is 0.967 bits per heavy atom. The van der Waals surface area contributed by atoms with Gasteiger partial charge in [-0.2, -0.15) is 26.3 Å². The highest BCUT2D eigenvalue weighted by molar-refractivity contribution is 5.88. The van der Waals surface area contributed by atoms with Crippen LogP contribution >= 0.6 is 0 Å². The summed E-state index contributed by atoms with van der Waals surface area (Å²) in [6.07, 6.45) is -6.09. The highest BCUT2D eigenvalue weighted by Gasteiger charge is 2.32. The second kappa shape index (κ2) is 10.7. The summed E-state index contributed by atoms with van der Waals surface area (Å²) in [5.41, 5.74) is -0.820. The fraction of sp³-hybridized carbons (Fsp3) is 0.316. The molecule has 0 aromatic carbocycles. The summed E-state index contributed by atoms with van der Waals surface area (Å²) in [6.45, 7) is 0.302. The Morgan fingerprint density at radius 2 is 1.50 bits per heavy atom. The number of aromatic nitrogens is 2. The van der Waals surface area contributed by atoms with Crippen molar-refractivity contribution in [2.75, 3.05) is 20.6 Å². The van der Waals surface area contributed by atoms with Crippen LogP contribution in [-0.2, 0) is 28.4 Å². The number of hydrogen-bond donors (Lipinski definition) is 0. The van der Waals surface area contributed by atoms with E-state index in [1.165, 1.54) is 12.1 Å². The Bertz CT molecular complexity index is 869. The van der Waals surface area contributed by atoms with Crippen molar-refractivity contribution < 1.29 is 35.9 Å². The minimum Gasteiger partial charge on any atom is -0.304 e. The molecule has 0 saturated carbocycles. The van der Waals surface area contributed by atoms with Gasteiger partial charge in [-0.15, -0.1) is 0 Å². The molecule has 2 aromatic heterocycles. The van der Waals surface area contributed by atoms with E-state index in [9.17, 15) is 35.9 Å². The summed E-state index contributed by atoms with van der Waals surface area (Å²) in [7, 11) is 3.49. The number of alkyl halides is 6. The molecule has 0 aliphatic heterocycles. The first-order valence-electron chi connectivity index (χ1n) is 8.26. The van der Waals surface area contributed by atoms with Crippen molar-refractivity contribution >= 4 is 17.8 Å². The largest absolute Gasteiger partial charge is 0.433 e. The molecule has 2 heterocycles. The topological polar surface area (TPSA) is 63.2 Å². The zero-order chi connectivity index (χ0) is 22.9. The molecule has 2 rings (SSSR count). The van der Waals surface area contributed by atoms with Crippen LogP contribution in [0.1, 0.15) is 22.5 Å². The van der Waals surface area contributed by atoms with Gasteiger partial charge in [0.15, 0.2) is 0 Å². The molecule has 0 atom stereocenters. The van der Waals surface area contributed by atoms with E-state index < -0.39 is 23.7 Å². The lowest BCUT2D eigenvalue weighted by molar-refractivity contribution is -0.142. The van der Waals surface area contributed by atoms with E-state index >= 15 is 0 Å². The Hall–Kier alpha value is -3.04. The van der Waals surface area contributed by atoms with Crippen molar-refractivity contribution in [2.45, 2.75) is 18.8 Å². The molecular weight excluding hydrogens is 416 g/mol. The summed E-state index contributed by atoms with van der Waals surface area (Å²) in [6, 6.07) is 4.17. The molecule has 0 unspecified atom stereocenters. The Kier molecular flexibility index (Phi) is 8.88. The molecule has 2 aromatic rings. The van der Waals surface area contributed by atoms with Gasteiger partial charge < -0.3 is 9.69 Å². The zero-order valence-corrected chi connectivity index (χ0v) is 15.9. The van der Waals surface area contributed by atoms with E-state index in [0.717, 1.165) is 24.5 Å². The number of carbonyl (C=O) groups excluding carboxylic acids is 2. The minimum absolute atomic E-state index is 0.0884. The van der Waals surface area contributed by atoms with Crippen molar-refractivity contribution in [3.05, 3.63) is 59.2 Å². The van der Waals surface area contributed by atoms with Gasteiger partial charge in [-0.1, -0.05) is 12.1 Å². The maximum atomic E-state index is 12.3. The standard InChI is InChI=1S/C11H11F3N2O.C8H6F3NO/c1-16(2)6-9(7-17)8-3-4-10(15-5-8)11(12,13)14;9-8(10,11)7-2-1-6(3-4-13)5-12-7/h3-5H,6H2,1-2H3;1-2,4-5H,3H2. The summed E-state index contributed by atoms with van der Waals surface area (Å²) in [5.74, 6) is 1.71. The quantitative estimate of drug-likeness (QED) is 0.409. The van der Waals surface area contributed by atoms with E-state index in [-0.39, 0.29) is 12.0 Å². The van der Waals surface area contributed by atoms with Gasteiger partial charge in [0.2, 0.25) is 0 Å². The van der Waals surface area contributed by atoms with Crippen LogP contribution in [0.3, 0.4) is 0 Å². The highest BCUT2D eigenvalue weighted by atomic mass is 19.4. The van der Waals surface area contributed by atoms with Crippen LogP contribution in [0.5, 0.6) is 0 Å². The van der Waals surface area contributed by atoms with Gasteiger partial charge >= 0.3 is 12.4 Å². The van der Waals surface area contributed by atoms with Gasteiger partial charge in [0.05, 0.1) is 5.57 Å². The Labute approximate surface area is 168 Å². The lowest BCUT2D eigenvalue weighted by Gasteiger charge is -2.11. The number of nitrogens with zero attached hydrogens (tertiary/aromatic N) is 3. The van der Waals surface area contributed by atoms with Gasteiger partial charge in [0, 0.05) is 30.9 Å². The molecule has 0 aliphatic rings. The number of pyridine rings is 2. The molecule has 11 heteroatoms. The number of hydrogen-bond acceptors (Lipinski definition) is 5. The molecule has 30 heavy (non-hydrogen) atoms. The predicted molar refractivity (Wildman–Crippen MR) is 95.9 cm³/mol. The molecule has 0 spiro atoms. The van der Waals surface area contributed by atoms with Crippen molar-refractivity contribution in [2.24, 2.45) is 0 Å². The first kappa shape index (κ1) is 25.0. The summed E-state index contributed by atoms with van der Waals surface area (Å²) in [4.78, 5) is 28.9. The second-order valence-corrected chi connectivity index (χ2v) is 6.17. The molecule has 0 N–H and O–H groups in total. The average Bonchev–Trinajstić information content (AvgIpc) is 2.66. The highest BCUT2D eigenvalue weighted by Crippen LogP contribution is 2.28. The van der Waals surface area contributed by atoms with Crippen molar-refractivity contribution in [3.8, 4) is 0 Å². The van der Waals surface area contributed by atoms with E-state index in [2.05, 4.69) is 9.97 Å². The number of likely N-dealkylation sites (N-methyl/N-ethyl adjacent to an activating group) is 1. The van der Waals surface area contributed by atoms with Gasteiger partial charge in [-0.25, -0.2) is 4.79 Å². The third-order valence-electron chi connectivity index (χ3n) is 3.43. The predicted octanol–water partition coefficient (Wildman–Crippen LogP) is 3.72. The first-order chi connectivity index (χ1) is 13.9. The van der Waals surface area contributed by atoms with Crippen LogP contribution < -0.4 is 0 Å². The second-order valence-electron chi connectivity index (χ2n) is 6.17. The van der Waals surface area contributed by atoms with E-state index in [0.29, 0.717) is 24.0 Å². The number of aldehydes is 1. The van der Waals surface area contributed by atoms with Crippen LogP contribution in [0.4, 0.5) is 26.3 Å². The molecule has 0 radical (unpaired) electrons. The summed E-state index contributed by atoms with van der Waals surface area (Å²) < 4.78 is 72.7. The number of carbonyl (C=O) groups is 1. The SMILES string of the molecule is CN(C)CC(=C=O)c1ccc(C(F)(F)F)nc1.O=CCc1ccc(C(F)(F)F)nc1. The fourth-order valence-electron chi connectivity index (χ4n) is 2.05. The molecular formula is C19H17F6N3O2. The van der Waals surface area contributed by atoms with Gasteiger partial charge in [-0.05, 0) is 31.8 Å². The number of rotatable bonds is 5. The van der Waals surface area contributed by atoms with Crippen LogP contribution in [0.2, 0.25) is 0 Å². The lowest BCUT2D eigenvalue weighted by Crippen LogP contribution is -2.15.